The van der Waals surface area contributed by atoms with Crippen molar-refractivity contribution in [2.45, 2.75) is 0 Å². The molecule has 0 radical (unpaired) electrons. The number of thiophene rings is 1. The Kier molecular flexibility index (Phi) is 1.73. The van der Waals surface area contributed by atoms with Gasteiger partial charge in [-0.2, -0.15) is 0 Å². The number of phenolic OH excluding ortho intramolecular Hbond substituents is 1. The molecule has 0 fully saturated rings. The number of anilines is 1. The summed E-state index contributed by atoms with van der Waals surface area (Å²) < 4.78 is 1.68. The molecule has 0 atom stereocenters. The van der Waals surface area contributed by atoms with Crippen molar-refractivity contribution in [1.82, 2.24) is 0 Å². The molecule has 0 aliphatic carbocycles. The first-order valence-electron chi connectivity index (χ1n) is 3.34. The SMILES string of the molecule is Nc1c(Br)cc(O)c2ccsc12. The van der Waals surface area contributed by atoms with E-state index in [-0.39, 0.29) is 5.75 Å². The molecule has 0 amide bonds. The normalized spacial score (nSPS) is 10.8. The van der Waals surface area contributed by atoms with Crippen molar-refractivity contribution >= 4 is 43.0 Å². The van der Waals surface area contributed by atoms with E-state index in [2.05, 4.69) is 15.9 Å². The third-order valence-electron chi connectivity index (χ3n) is 1.71. The van der Waals surface area contributed by atoms with Crippen LogP contribution < -0.4 is 5.73 Å². The van der Waals surface area contributed by atoms with Crippen molar-refractivity contribution in [1.29, 1.82) is 0 Å². The number of phenols is 1. The number of halogens is 1. The average Bonchev–Trinajstić information content (AvgIpc) is 2.48. The number of nitrogen functional groups attached to an aromatic ring is 1. The van der Waals surface area contributed by atoms with Gasteiger partial charge in [0.25, 0.3) is 0 Å². The summed E-state index contributed by atoms with van der Waals surface area (Å²) in [4.78, 5) is 0. The number of hydrogen-bond donors (Lipinski definition) is 2. The fourth-order valence-electron chi connectivity index (χ4n) is 1.10. The second-order valence-corrected chi connectivity index (χ2v) is 4.23. The lowest BCUT2D eigenvalue weighted by atomic mass is 10.2. The quantitative estimate of drug-likeness (QED) is 0.552. The summed E-state index contributed by atoms with van der Waals surface area (Å²) in [6, 6.07) is 3.47. The van der Waals surface area contributed by atoms with Crippen LogP contribution in [0, 0.1) is 0 Å². The van der Waals surface area contributed by atoms with Gasteiger partial charge in [0.1, 0.15) is 5.75 Å². The molecule has 0 saturated heterocycles. The number of aromatic hydroxyl groups is 1. The Morgan fingerprint density at radius 3 is 3.00 bits per heavy atom. The van der Waals surface area contributed by atoms with E-state index in [1.165, 1.54) is 11.3 Å². The molecule has 0 aliphatic heterocycles. The molecular weight excluding hydrogens is 238 g/mol. The first-order chi connectivity index (χ1) is 5.70. The van der Waals surface area contributed by atoms with E-state index in [1.54, 1.807) is 6.07 Å². The molecule has 12 heavy (non-hydrogen) atoms. The summed E-state index contributed by atoms with van der Waals surface area (Å²) in [6.45, 7) is 0. The molecule has 1 aromatic carbocycles. The van der Waals surface area contributed by atoms with Crippen LogP contribution in [0.5, 0.6) is 5.75 Å². The van der Waals surface area contributed by atoms with Crippen LogP contribution in [-0.4, -0.2) is 5.11 Å². The molecule has 1 aromatic heterocycles. The summed E-state index contributed by atoms with van der Waals surface area (Å²) in [5.41, 5.74) is 6.48. The van der Waals surface area contributed by atoms with Gasteiger partial charge in [-0.1, -0.05) is 0 Å². The van der Waals surface area contributed by atoms with Gasteiger partial charge in [-0.15, -0.1) is 11.3 Å². The summed E-state index contributed by atoms with van der Waals surface area (Å²) in [7, 11) is 0. The summed E-state index contributed by atoms with van der Waals surface area (Å²) in [5, 5.41) is 12.2. The maximum Gasteiger partial charge on any atom is 0.125 e. The lowest BCUT2D eigenvalue weighted by Crippen LogP contribution is -1.85. The predicted molar refractivity (Wildman–Crippen MR) is 55.6 cm³/mol. The lowest BCUT2D eigenvalue weighted by molar-refractivity contribution is 0.481. The molecule has 62 valence electrons. The van der Waals surface area contributed by atoms with E-state index < -0.39 is 0 Å². The Balaban J connectivity index is 2.97. The van der Waals surface area contributed by atoms with E-state index >= 15 is 0 Å². The lowest BCUT2D eigenvalue weighted by Gasteiger charge is -2.01. The average molecular weight is 244 g/mol. The zero-order valence-electron chi connectivity index (χ0n) is 6.04. The van der Waals surface area contributed by atoms with Gasteiger partial charge in [0.05, 0.1) is 10.4 Å². The molecule has 0 bridgehead atoms. The minimum atomic E-state index is 0.271. The van der Waals surface area contributed by atoms with Crippen LogP contribution in [0.2, 0.25) is 0 Å². The van der Waals surface area contributed by atoms with E-state index in [1.807, 2.05) is 11.4 Å². The summed E-state index contributed by atoms with van der Waals surface area (Å²) >= 11 is 4.80. The molecule has 2 nitrogen and oxygen atoms in total. The highest BCUT2D eigenvalue weighted by atomic mass is 79.9. The highest BCUT2D eigenvalue weighted by Gasteiger charge is 2.07. The minimum absolute atomic E-state index is 0.271. The van der Waals surface area contributed by atoms with Crippen molar-refractivity contribution < 1.29 is 5.11 Å². The van der Waals surface area contributed by atoms with E-state index in [4.69, 9.17) is 5.73 Å². The second-order valence-electron chi connectivity index (χ2n) is 2.45. The van der Waals surface area contributed by atoms with Gasteiger partial charge in [0.15, 0.2) is 0 Å². The smallest absolute Gasteiger partial charge is 0.125 e. The van der Waals surface area contributed by atoms with Gasteiger partial charge in [0, 0.05) is 9.86 Å². The maximum absolute atomic E-state index is 9.49. The van der Waals surface area contributed by atoms with Gasteiger partial charge in [-0.3, -0.25) is 0 Å². The van der Waals surface area contributed by atoms with Crippen molar-refractivity contribution in [3.8, 4) is 5.75 Å². The molecule has 0 aliphatic rings. The zero-order valence-corrected chi connectivity index (χ0v) is 8.45. The van der Waals surface area contributed by atoms with Crippen LogP contribution in [0.4, 0.5) is 5.69 Å². The molecule has 3 N–H and O–H groups in total. The number of fused-ring (bicyclic) bond motifs is 1. The van der Waals surface area contributed by atoms with Crippen LogP contribution >= 0.6 is 27.3 Å². The largest absolute Gasteiger partial charge is 0.507 e. The zero-order chi connectivity index (χ0) is 8.72. The first-order valence-corrected chi connectivity index (χ1v) is 5.01. The monoisotopic (exact) mass is 243 g/mol. The maximum atomic E-state index is 9.49. The molecule has 0 spiro atoms. The minimum Gasteiger partial charge on any atom is -0.507 e. The van der Waals surface area contributed by atoms with Gasteiger partial charge in [-0.05, 0) is 33.4 Å². The Morgan fingerprint density at radius 1 is 1.50 bits per heavy atom. The molecule has 2 rings (SSSR count). The highest BCUT2D eigenvalue weighted by Crippen LogP contribution is 2.38. The van der Waals surface area contributed by atoms with Gasteiger partial charge >= 0.3 is 0 Å². The number of rotatable bonds is 0. The van der Waals surface area contributed by atoms with E-state index in [0.29, 0.717) is 5.69 Å². The van der Waals surface area contributed by atoms with Crippen molar-refractivity contribution in [2.24, 2.45) is 0 Å². The van der Waals surface area contributed by atoms with Crippen molar-refractivity contribution in [3.05, 3.63) is 22.0 Å². The Bertz CT molecular complexity index is 438. The molecule has 1 heterocycles. The van der Waals surface area contributed by atoms with Crippen LogP contribution in [-0.2, 0) is 0 Å². The standard InChI is InChI=1S/C8H6BrNOS/c9-5-3-6(11)4-1-2-12-8(4)7(5)10/h1-3,11H,10H2. The van der Waals surface area contributed by atoms with Crippen LogP contribution in [0.25, 0.3) is 10.1 Å². The van der Waals surface area contributed by atoms with E-state index in [0.717, 1.165) is 14.6 Å². The Labute approximate surface area is 81.8 Å². The second kappa shape index (κ2) is 2.64. The van der Waals surface area contributed by atoms with Crippen molar-refractivity contribution in [3.63, 3.8) is 0 Å². The number of hydrogen-bond acceptors (Lipinski definition) is 3. The molecule has 2 aromatic rings. The highest BCUT2D eigenvalue weighted by molar-refractivity contribution is 9.10. The van der Waals surface area contributed by atoms with Gasteiger partial charge < -0.3 is 10.8 Å². The number of benzene rings is 1. The molecule has 0 saturated carbocycles. The fourth-order valence-corrected chi connectivity index (χ4v) is 2.53. The van der Waals surface area contributed by atoms with Crippen LogP contribution in [0.1, 0.15) is 0 Å². The predicted octanol–water partition coefficient (Wildman–Crippen LogP) is 2.95. The van der Waals surface area contributed by atoms with E-state index in [9.17, 15) is 5.11 Å². The fraction of sp³-hybridized carbons (Fsp3) is 0. The Hall–Kier alpha value is -0.740. The molecule has 0 unspecified atom stereocenters. The first kappa shape index (κ1) is 7.89. The third kappa shape index (κ3) is 0.990. The third-order valence-corrected chi connectivity index (χ3v) is 3.31. The van der Waals surface area contributed by atoms with Gasteiger partial charge in [0.2, 0.25) is 0 Å². The van der Waals surface area contributed by atoms with Crippen LogP contribution in [0.15, 0.2) is 22.0 Å². The molecule has 4 heteroatoms. The number of nitrogens with two attached hydrogens (primary N) is 1. The Morgan fingerprint density at radius 2 is 2.25 bits per heavy atom. The topological polar surface area (TPSA) is 46.2 Å². The molecular formula is C8H6BrNOS. The van der Waals surface area contributed by atoms with Crippen molar-refractivity contribution in [2.75, 3.05) is 5.73 Å². The van der Waals surface area contributed by atoms with Crippen LogP contribution in [0.3, 0.4) is 0 Å². The summed E-state index contributed by atoms with van der Waals surface area (Å²) in [6.07, 6.45) is 0. The van der Waals surface area contributed by atoms with Gasteiger partial charge in [-0.25, -0.2) is 0 Å². The summed E-state index contributed by atoms with van der Waals surface area (Å²) in [5.74, 6) is 0.271.